The predicted molar refractivity (Wildman–Crippen MR) is 144 cm³/mol. The number of aliphatic hydroxyl groups excluding tert-OH is 5. The Labute approximate surface area is 242 Å². The van der Waals surface area contributed by atoms with Gasteiger partial charge in [0.2, 0.25) is 0 Å². The number of ketones is 1. The molecule has 8 N–H and O–H groups in total. The van der Waals surface area contributed by atoms with E-state index in [0.29, 0.717) is 5.56 Å². The fraction of sp³-hybridized carbons (Fsp3) is 0.448. The molecule has 2 fully saturated rings. The lowest BCUT2D eigenvalue weighted by molar-refractivity contribution is -0.301. The Morgan fingerprint density at radius 1 is 1.00 bits per heavy atom. The van der Waals surface area contributed by atoms with Crippen LogP contribution in [-0.4, -0.2) is 109 Å². The van der Waals surface area contributed by atoms with Gasteiger partial charge in [0.25, 0.3) is 0 Å². The first-order valence-corrected chi connectivity index (χ1v) is 13.4. The number of carbonyl (C=O) groups is 3. The number of phenolic OH excluding ortho intramolecular Hbond substituents is 1. The molecule has 2 aromatic rings. The molecule has 14 nitrogen and oxygen atoms in total. The first-order chi connectivity index (χ1) is 20.3. The third kappa shape index (κ3) is 5.10. The highest BCUT2D eigenvalue weighted by molar-refractivity contribution is 6.10. The zero-order valence-corrected chi connectivity index (χ0v) is 22.5. The van der Waals surface area contributed by atoms with Crippen LogP contribution in [0, 0.1) is 5.41 Å². The SMILES string of the molecule is O=C1/C2=C\c3cc(CC(CCOC4OC(CO)C(O)C(O)C4O)(C(=O)O)C(=O)O)c(=O)c4c(O)ccc(c4c3)C1C(O)C2. The van der Waals surface area contributed by atoms with Gasteiger partial charge in [-0.25, -0.2) is 0 Å². The smallest absolute Gasteiger partial charge is 0.321 e. The fourth-order valence-corrected chi connectivity index (χ4v) is 6.06. The summed E-state index contributed by atoms with van der Waals surface area (Å²) >= 11 is 0. The number of aliphatic carboxylic acids is 2. The number of Topliss-reactive ketones (excluding diaryl/α,β-unsaturated/α-hetero) is 1. The van der Waals surface area contributed by atoms with Gasteiger partial charge in [0.1, 0.15) is 30.2 Å². The topological polar surface area (TPSA) is 249 Å². The first-order valence-electron chi connectivity index (χ1n) is 13.4. The number of carbonyl (C=O) groups excluding carboxylic acids is 1. The van der Waals surface area contributed by atoms with Gasteiger partial charge >= 0.3 is 11.9 Å². The van der Waals surface area contributed by atoms with Gasteiger partial charge in [0, 0.05) is 18.4 Å². The molecule has 1 aliphatic heterocycles. The van der Waals surface area contributed by atoms with E-state index in [0.717, 1.165) is 0 Å². The molecule has 5 rings (SSSR count). The van der Waals surface area contributed by atoms with Gasteiger partial charge in [-0.15, -0.1) is 0 Å². The van der Waals surface area contributed by atoms with Crippen LogP contribution in [0.4, 0.5) is 0 Å². The minimum absolute atomic E-state index is 0.0249. The standard InChI is InChI=1S/C29H30O14/c30-10-18-23(35)24(36)25(37)26(43-18)42-4-3-29(27(38)39,28(40)41)9-13-6-11-5-12-8-17(32)19(21(12)33)14-1-2-16(31)20(22(13)34)15(14)7-11/h1-2,5-7,17-19,23-26,30-32,35-37H,3-4,8-10H2,(H,38,39)(H,40,41)/b12-5-. The highest BCUT2D eigenvalue weighted by Gasteiger charge is 2.49. The van der Waals surface area contributed by atoms with Gasteiger partial charge in [-0.2, -0.15) is 0 Å². The molecule has 1 saturated heterocycles. The molecule has 43 heavy (non-hydrogen) atoms. The molecule has 14 heteroatoms. The Hall–Kier alpha value is -3.76. The molecule has 0 radical (unpaired) electrons. The molecule has 3 aliphatic rings. The second-order valence-electron chi connectivity index (χ2n) is 11.1. The highest BCUT2D eigenvalue weighted by Crippen LogP contribution is 2.42. The number of rotatable bonds is 9. The second kappa shape index (κ2) is 11.4. The average molecular weight is 603 g/mol. The van der Waals surface area contributed by atoms with Crippen LogP contribution in [0.3, 0.4) is 0 Å². The molecule has 1 heterocycles. The van der Waals surface area contributed by atoms with Crippen LogP contribution in [-0.2, 0) is 30.3 Å². The Morgan fingerprint density at radius 2 is 1.70 bits per heavy atom. The van der Waals surface area contributed by atoms with Crippen molar-refractivity contribution in [1.82, 2.24) is 0 Å². The van der Waals surface area contributed by atoms with Gasteiger partial charge in [-0.05, 0) is 52.8 Å². The van der Waals surface area contributed by atoms with Crippen molar-refractivity contribution < 1.29 is 64.7 Å². The maximum absolute atomic E-state index is 13.8. The zero-order valence-electron chi connectivity index (χ0n) is 22.5. The molecule has 2 aliphatic carbocycles. The van der Waals surface area contributed by atoms with Gasteiger partial charge < -0.3 is 50.3 Å². The maximum atomic E-state index is 13.8. The lowest BCUT2D eigenvalue weighted by atomic mass is 9.78. The van der Waals surface area contributed by atoms with Crippen LogP contribution in [0.15, 0.2) is 34.6 Å². The Bertz CT molecular complexity index is 1570. The summed E-state index contributed by atoms with van der Waals surface area (Å²) in [6, 6.07) is 5.37. The number of benzene rings is 1. The molecule has 2 aromatic carbocycles. The van der Waals surface area contributed by atoms with Gasteiger partial charge in [-0.1, -0.05) is 6.07 Å². The van der Waals surface area contributed by atoms with Crippen molar-refractivity contribution in [3.05, 3.63) is 56.8 Å². The Morgan fingerprint density at radius 3 is 2.35 bits per heavy atom. The number of hydrogen-bond donors (Lipinski definition) is 8. The Balaban J connectivity index is 1.54. The average Bonchev–Trinajstić information content (AvgIpc) is 3.16. The summed E-state index contributed by atoms with van der Waals surface area (Å²) in [7, 11) is 0. The van der Waals surface area contributed by atoms with Crippen molar-refractivity contribution >= 4 is 34.6 Å². The van der Waals surface area contributed by atoms with Crippen molar-refractivity contribution in [3.8, 4) is 5.75 Å². The number of aromatic hydroxyl groups is 1. The molecule has 0 spiro atoms. The maximum Gasteiger partial charge on any atom is 0.321 e. The number of carboxylic acid groups (broad SMARTS) is 2. The van der Waals surface area contributed by atoms with Crippen molar-refractivity contribution in [2.75, 3.05) is 13.2 Å². The Kier molecular flexibility index (Phi) is 8.13. The summed E-state index contributed by atoms with van der Waals surface area (Å²) in [6.07, 6.45) is -9.47. The van der Waals surface area contributed by atoms with Gasteiger partial charge in [0.15, 0.2) is 22.9 Å². The quantitative estimate of drug-likeness (QED) is 0.154. The molecular formula is C29H30O14. The number of hydrogen-bond acceptors (Lipinski definition) is 12. The minimum atomic E-state index is -2.67. The molecule has 7 atom stereocenters. The molecule has 0 amide bonds. The van der Waals surface area contributed by atoms with E-state index in [4.69, 9.17) is 9.47 Å². The third-order valence-electron chi connectivity index (χ3n) is 8.49. The molecule has 7 unspecified atom stereocenters. The summed E-state index contributed by atoms with van der Waals surface area (Å²) in [5, 5.41) is 80.9. The van der Waals surface area contributed by atoms with Crippen molar-refractivity contribution in [3.63, 3.8) is 0 Å². The number of aliphatic hydroxyl groups is 5. The molecule has 4 bridgehead atoms. The zero-order chi connectivity index (χ0) is 31.4. The van der Waals surface area contributed by atoms with Crippen LogP contribution >= 0.6 is 0 Å². The summed E-state index contributed by atoms with van der Waals surface area (Å²) < 4.78 is 10.6. The summed E-state index contributed by atoms with van der Waals surface area (Å²) in [5.41, 5.74) is -3.02. The van der Waals surface area contributed by atoms with Crippen LogP contribution in [0.2, 0.25) is 0 Å². The van der Waals surface area contributed by atoms with E-state index in [1.54, 1.807) is 0 Å². The van der Waals surface area contributed by atoms with E-state index in [-0.39, 0.29) is 39.7 Å². The third-order valence-corrected chi connectivity index (χ3v) is 8.49. The minimum Gasteiger partial charge on any atom is -0.507 e. The van der Waals surface area contributed by atoms with E-state index in [9.17, 15) is 60.0 Å². The second-order valence-corrected chi connectivity index (χ2v) is 11.1. The number of fused-ring (bicyclic) bond motifs is 4. The summed E-state index contributed by atoms with van der Waals surface area (Å²) in [4.78, 5) is 51.9. The monoisotopic (exact) mass is 602 g/mol. The van der Waals surface area contributed by atoms with E-state index >= 15 is 0 Å². The molecule has 230 valence electrons. The van der Waals surface area contributed by atoms with E-state index in [1.807, 2.05) is 0 Å². The largest absolute Gasteiger partial charge is 0.507 e. The normalized spacial score (nSPS) is 29.7. The van der Waals surface area contributed by atoms with Crippen molar-refractivity contribution in [2.24, 2.45) is 5.41 Å². The predicted octanol–water partition coefficient (Wildman–Crippen LogP) is -1.38. The highest BCUT2D eigenvalue weighted by atomic mass is 16.7. The molecular weight excluding hydrogens is 572 g/mol. The first kappa shape index (κ1) is 30.7. The van der Waals surface area contributed by atoms with Crippen LogP contribution < -0.4 is 5.43 Å². The molecule has 1 saturated carbocycles. The fourth-order valence-electron chi connectivity index (χ4n) is 6.06. The van der Waals surface area contributed by atoms with Crippen LogP contribution in [0.1, 0.15) is 35.4 Å². The lowest BCUT2D eigenvalue weighted by Gasteiger charge is -2.39. The van der Waals surface area contributed by atoms with E-state index in [2.05, 4.69) is 0 Å². The lowest BCUT2D eigenvalue weighted by Crippen LogP contribution is -2.59. The van der Waals surface area contributed by atoms with E-state index in [1.165, 1.54) is 30.3 Å². The summed E-state index contributed by atoms with van der Waals surface area (Å²) in [5.74, 6) is -5.47. The van der Waals surface area contributed by atoms with Crippen molar-refractivity contribution in [2.45, 2.75) is 62.0 Å². The van der Waals surface area contributed by atoms with Crippen LogP contribution in [0.5, 0.6) is 5.75 Å². The number of ether oxygens (including phenoxy) is 2. The summed E-state index contributed by atoms with van der Waals surface area (Å²) in [6.45, 7) is -1.42. The number of phenols is 1. The van der Waals surface area contributed by atoms with E-state index < -0.39 is 97.3 Å². The van der Waals surface area contributed by atoms with Gasteiger partial charge in [-0.3, -0.25) is 19.2 Å². The van der Waals surface area contributed by atoms with Crippen molar-refractivity contribution in [1.29, 1.82) is 0 Å². The van der Waals surface area contributed by atoms with Gasteiger partial charge in [0.05, 0.1) is 30.6 Å². The van der Waals surface area contributed by atoms with Crippen LogP contribution in [0.25, 0.3) is 16.8 Å². The number of carboxylic acids is 2. The molecule has 0 aromatic heterocycles.